The highest BCUT2D eigenvalue weighted by molar-refractivity contribution is 6.00. The van der Waals surface area contributed by atoms with E-state index in [4.69, 9.17) is 9.84 Å². The number of imidazole rings is 1. The Bertz CT molecular complexity index is 591. The second-order valence-electron chi connectivity index (χ2n) is 3.27. The van der Waals surface area contributed by atoms with E-state index >= 15 is 0 Å². The van der Waals surface area contributed by atoms with E-state index < -0.39 is 23.4 Å². The average Bonchev–Trinajstić information content (AvgIpc) is 2.81. The minimum atomic E-state index is -1.35. The molecule has 1 aromatic carbocycles. The van der Waals surface area contributed by atoms with Gasteiger partial charge in [-0.05, 0) is 24.3 Å². The largest absolute Gasteiger partial charge is 0.476 e. The van der Waals surface area contributed by atoms with Crippen LogP contribution in [-0.2, 0) is 0 Å². The van der Waals surface area contributed by atoms with Crippen LogP contribution >= 0.6 is 0 Å². The molecule has 2 N–H and O–H groups in total. The van der Waals surface area contributed by atoms with Gasteiger partial charge in [0.05, 0.1) is 6.33 Å². The number of nitrogens with zero attached hydrogens (tertiary/aromatic N) is 1. The van der Waals surface area contributed by atoms with E-state index in [-0.39, 0.29) is 11.4 Å². The van der Waals surface area contributed by atoms with Crippen LogP contribution in [0.5, 0.6) is 5.75 Å². The van der Waals surface area contributed by atoms with Crippen LogP contribution in [0, 0.1) is 5.82 Å². The third kappa shape index (κ3) is 2.34. The normalized spacial score (nSPS) is 10.1. The molecule has 0 spiro atoms. The molecule has 0 aliphatic carbocycles. The van der Waals surface area contributed by atoms with Crippen LogP contribution in [0.2, 0.25) is 0 Å². The maximum atomic E-state index is 12.6. The van der Waals surface area contributed by atoms with Gasteiger partial charge in [-0.2, -0.15) is 0 Å². The number of hydrogen-bond acceptors (Lipinski definition) is 4. The third-order valence-corrected chi connectivity index (χ3v) is 2.07. The molecule has 0 unspecified atom stereocenters. The number of hydrogen-bond donors (Lipinski definition) is 2. The summed E-state index contributed by atoms with van der Waals surface area (Å²) >= 11 is 0. The van der Waals surface area contributed by atoms with Crippen molar-refractivity contribution in [2.24, 2.45) is 0 Å². The number of carboxylic acid groups (broad SMARTS) is 1. The van der Waals surface area contributed by atoms with Gasteiger partial charge in [0.2, 0.25) is 0 Å². The van der Waals surface area contributed by atoms with Gasteiger partial charge in [-0.1, -0.05) is 0 Å². The quantitative estimate of drug-likeness (QED) is 0.635. The number of H-pyrrole nitrogens is 1. The number of aromatic amines is 1. The number of aromatic nitrogens is 2. The van der Waals surface area contributed by atoms with Gasteiger partial charge < -0.3 is 14.8 Å². The topological polar surface area (TPSA) is 92.3 Å². The van der Waals surface area contributed by atoms with E-state index in [1.807, 2.05) is 0 Å². The Kier molecular flexibility index (Phi) is 3.05. The maximum Gasteiger partial charge on any atom is 0.362 e. The fourth-order valence-corrected chi connectivity index (χ4v) is 1.27. The van der Waals surface area contributed by atoms with Crippen LogP contribution in [0.15, 0.2) is 30.6 Å². The van der Waals surface area contributed by atoms with Gasteiger partial charge in [-0.25, -0.2) is 19.0 Å². The van der Waals surface area contributed by atoms with Crippen molar-refractivity contribution in [1.29, 1.82) is 0 Å². The molecule has 0 atom stereocenters. The van der Waals surface area contributed by atoms with E-state index in [2.05, 4.69) is 9.97 Å². The molecule has 2 aromatic rings. The lowest BCUT2D eigenvalue weighted by Gasteiger charge is -2.02. The highest BCUT2D eigenvalue weighted by atomic mass is 19.1. The average molecular weight is 250 g/mol. The Morgan fingerprint density at radius 1 is 1.28 bits per heavy atom. The minimum absolute atomic E-state index is 0.104. The minimum Gasteiger partial charge on any atom is -0.476 e. The number of ether oxygens (including phenoxy) is 1. The van der Waals surface area contributed by atoms with Gasteiger partial charge in [-0.15, -0.1) is 0 Å². The summed E-state index contributed by atoms with van der Waals surface area (Å²) in [4.78, 5) is 28.2. The molecule has 0 amide bonds. The smallest absolute Gasteiger partial charge is 0.362 e. The van der Waals surface area contributed by atoms with Crippen molar-refractivity contribution >= 4 is 11.9 Å². The molecular formula is C11H7FN2O4. The Balaban J connectivity index is 2.19. The standard InChI is InChI=1S/C11H7FN2O4/c12-6-1-3-7(4-2-6)18-11(17)9-8(10(15)16)13-5-14-9/h1-5H,(H,13,14)(H,15,16). The third-order valence-electron chi connectivity index (χ3n) is 2.07. The van der Waals surface area contributed by atoms with Crippen LogP contribution in [-0.4, -0.2) is 27.0 Å². The number of benzene rings is 1. The Labute approximate surface area is 100 Å². The predicted octanol–water partition coefficient (Wildman–Crippen LogP) is 1.47. The first-order chi connectivity index (χ1) is 8.58. The van der Waals surface area contributed by atoms with E-state index in [0.29, 0.717) is 0 Å². The van der Waals surface area contributed by atoms with Crippen LogP contribution in [0.1, 0.15) is 21.0 Å². The highest BCUT2D eigenvalue weighted by Crippen LogP contribution is 2.14. The highest BCUT2D eigenvalue weighted by Gasteiger charge is 2.21. The predicted molar refractivity (Wildman–Crippen MR) is 56.9 cm³/mol. The molecule has 1 aromatic heterocycles. The lowest BCUT2D eigenvalue weighted by Crippen LogP contribution is -2.14. The lowest BCUT2D eigenvalue weighted by atomic mass is 10.3. The monoisotopic (exact) mass is 250 g/mol. The zero-order chi connectivity index (χ0) is 13.1. The van der Waals surface area contributed by atoms with Gasteiger partial charge in [0, 0.05) is 0 Å². The summed E-state index contributed by atoms with van der Waals surface area (Å²) < 4.78 is 17.5. The van der Waals surface area contributed by atoms with Gasteiger partial charge in [0.1, 0.15) is 11.6 Å². The van der Waals surface area contributed by atoms with Crippen molar-refractivity contribution in [2.75, 3.05) is 0 Å². The number of aromatic carboxylic acids is 1. The van der Waals surface area contributed by atoms with Crippen molar-refractivity contribution in [3.05, 3.63) is 47.8 Å². The molecule has 92 valence electrons. The van der Waals surface area contributed by atoms with Gasteiger partial charge in [0.25, 0.3) is 0 Å². The Morgan fingerprint density at radius 2 is 1.94 bits per heavy atom. The van der Waals surface area contributed by atoms with Crippen molar-refractivity contribution in [3.63, 3.8) is 0 Å². The zero-order valence-electron chi connectivity index (χ0n) is 8.88. The molecule has 0 bridgehead atoms. The first kappa shape index (κ1) is 11.8. The van der Waals surface area contributed by atoms with Gasteiger partial charge >= 0.3 is 11.9 Å². The second kappa shape index (κ2) is 4.66. The van der Waals surface area contributed by atoms with Crippen LogP contribution in [0.3, 0.4) is 0 Å². The molecule has 0 aliphatic rings. The molecule has 2 rings (SSSR count). The maximum absolute atomic E-state index is 12.6. The summed E-state index contributed by atoms with van der Waals surface area (Å²) in [5.74, 6) is -2.62. The summed E-state index contributed by atoms with van der Waals surface area (Å²) in [6.07, 6.45) is 1.07. The molecule has 0 fully saturated rings. The molecular weight excluding hydrogens is 243 g/mol. The van der Waals surface area contributed by atoms with Crippen molar-refractivity contribution in [3.8, 4) is 5.75 Å². The first-order valence-corrected chi connectivity index (χ1v) is 4.82. The molecule has 0 saturated carbocycles. The molecule has 6 nitrogen and oxygen atoms in total. The van der Waals surface area contributed by atoms with Crippen molar-refractivity contribution in [2.45, 2.75) is 0 Å². The van der Waals surface area contributed by atoms with Crippen molar-refractivity contribution < 1.29 is 23.8 Å². The molecule has 7 heteroatoms. The lowest BCUT2D eigenvalue weighted by molar-refractivity contribution is 0.0661. The van der Waals surface area contributed by atoms with E-state index in [9.17, 15) is 14.0 Å². The van der Waals surface area contributed by atoms with Crippen LogP contribution in [0.4, 0.5) is 4.39 Å². The SMILES string of the molecule is O=C(O)c1nc[nH]c1C(=O)Oc1ccc(F)cc1. The van der Waals surface area contributed by atoms with E-state index in [1.165, 1.54) is 12.1 Å². The van der Waals surface area contributed by atoms with E-state index in [1.54, 1.807) is 0 Å². The fourth-order valence-electron chi connectivity index (χ4n) is 1.27. The second-order valence-corrected chi connectivity index (χ2v) is 3.27. The van der Waals surface area contributed by atoms with Gasteiger partial charge in [-0.3, -0.25) is 0 Å². The Morgan fingerprint density at radius 3 is 2.56 bits per heavy atom. The molecule has 0 saturated heterocycles. The molecule has 0 aliphatic heterocycles. The number of nitrogens with one attached hydrogen (secondary N) is 1. The summed E-state index contributed by atoms with van der Waals surface area (Å²) in [5, 5.41) is 8.77. The molecule has 1 heterocycles. The number of halogens is 1. The molecule has 0 radical (unpaired) electrons. The first-order valence-electron chi connectivity index (χ1n) is 4.82. The summed E-state index contributed by atoms with van der Waals surface area (Å²) in [6.45, 7) is 0. The number of rotatable bonds is 3. The van der Waals surface area contributed by atoms with E-state index in [0.717, 1.165) is 18.5 Å². The summed E-state index contributed by atoms with van der Waals surface area (Å²) in [5.41, 5.74) is -0.700. The summed E-state index contributed by atoms with van der Waals surface area (Å²) in [7, 11) is 0. The van der Waals surface area contributed by atoms with Crippen LogP contribution < -0.4 is 4.74 Å². The Hall–Kier alpha value is -2.70. The van der Waals surface area contributed by atoms with Gasteiger partial charge in [0.15, 0.2) is 11.4 Å². The summed E-state index contributed by atoms with van der Waals surface area (Å²) in [6, 6.07) is 4.75. The number of esters is 1. The van der Waals surface area contributed by atoms with Crippen LogP contribution in [0.25, 0.3) is 0 Å². The van der Waals surface area contributed by atoms with Crippen molar-refractivity contribution in [1.82, 2.24) is 9.97 Å². The number of carboxylic acids is 1. The zero-order valence-corrected chi connectivity index (χ0v) is 8.88. The number of carbonyl (C=O) groups is 2. The number of carbonyl (C=O) groups excluding carboxylic acids is 1. The fraction of sp³-hybridized carbons (Fsp3) is 0. The molecule has 18 heavy (non-hydrogen) atoms.